The van der Waals surface area contributed by atoms with Gasteiger partial charge in [0, 0.05) is 17.8 Å². The van der Waals surface area contributed by atoms with Gasteiger partial charge < -0.3 is 5.11 Å². The average Bonchev–Trinajstić information content (AvgIpc) is 2.68. The molecule has 0 saturated carbocycles. The number of nitrogens with zero attached hydrogens (tertiary/aromatic N) is 1. The van der Waals surface area contributed by atoms with Crippen molar-refractivity contribution in [2.75, 3.05) is 4.72 Å². The van der Waals surface area contributed by atoms with Gasteiger partial charge in [0.25, 0.3) is 10.0 Å². The number of anilines is 1. The van der Waals surface area contributed by atoms with E-state index in [9.17, 15) is 21.6 Å². The Hall–Kier alpha value is -2.43. The van der Waals surface area contributed by atoms with Gasteiger partial charge in [-0.05, 0) is 69.2 Å². The van der Waals surface area contributed by atoms with Crippen LogP contribution in [-0.2, 0) is 20.0 Å². The molecule has 1 saturated heterocycles. The summed E-state index contributed by atoms with van der Waals surface area (Å²) in [4.78, 5) is 11.0. The fourth-order valence-electron chi connectivity index (χ4n) is 3.70. The molecule has 3 rings (SSSR count). The molecule has 2 atom stereocenters. The van der Waals surface area contributed by atoms with Crippen LogP contribution < -0.4 is 4.72 Å². The summed E-state index contributed by atoms with van der Waals surface area (Å²) in [6.45, 7) is 3.78. The molecule has 10 heteroatoms. The Morgan fingerprint density at radius 1 is 0.967 bits per heavy atom. The molecule has 0 amide bonds. The van der Waals surface area contributed by atoms with E-state index in [0.29, 0.717) is 0 Å². The first kappa shape index (κ1) is 22.3. The molecule has 0 aliphatic carbocycles. The predicted molar refractivity (Wildman–Crippen MR) is 112 cm³/mol. The zero-order valence-electron chi connectivity index (χ0n) is 16.6. The third kappa shape index (κ3) is 4.50. The minimum absolute atomic E-state index is 0.0962. The van der Waals surface area contributed by atoms with Crippen molar-refractivity contribution in [2.24, 2.45) is 0 Å². The van der Waals surface area contributed by atoms with Gasteiger partial charge in [0.15, 0.2) is 0 Å². The van der Waals surface area contributed by atoms with Crippen LogP contribution in [0.2, 0.25) is 0 Å². The molecule has 0 radical (unpaired) electrons. The number of benzene rings is 2. The molecule has 1 fully saturated rings. The molecular weight excluding hydrogens is 428 g/mol. The Labute approximate surface area is 176 Å². The van der Waals surface area contributed by atoms with Crippen LogP contribution in [-0.4, -0.2) is 44.3 Å². The van der Waals surface area contributed by atoms with Crippen LogP contribution >= 0.6 is 0 Å². The molecule has 162 valence electrons. The van der Waals surface area contributed by atoms with Gasteiger partial charge in [-0.3, -0.25) is 4.72 Å². The minimum atomic E-state index is -4.03. The highest BCUT2D eigenvalue weighted by molar-refractivity contribution is 7.92. The largest absolute Gasteiger partial charge is 0.478 e. The fraction of sp³-hybridized carbons (Fsp3) is 0.350. The molecule has 0 spiro atoms. The van der Waals surface area contributed by atoms with E-state index in [1.54, 1.807) is 0 Å². The van der Waals surface area contributed by atoms with E-state index in [1.165, 1.54) is 46.8 Å². The third-order valence-corrected chi connectivity index (χ3v) is 8.71. The van der Waals surface area contributed by atoms with Gasteiger partial charge in [0.2, 0.25) is 10.0 Å². The van der Waals surface area contributed by atoms with Crippen LogP contribution in [0.15, 0.2) is 58.3 Å². The molecule has 1 aliphatic rings. The lowest BCUT2D eigenvalue weighted by molar-refractivity contribution is 0.0696. The second-order valence-electron chi connectivity index (χ2n) is 7.43. The van der Waals surface area contributed by atoms with Crippen molar-refractivity contribution in [3.05, 3.63) is 54.1 Å². The zero-order valence-corrected chi connectivity index (χ0v) is 18.3. The number of piperidine rings is 1. The lowest BCUT2D eigenvalue weighted by Crippen LogP contribution is -2.47. The normalized spacial score (nSPS) is 20.6. The second kappa shape index (κ2) is 8.37. The van der Waals surface area contributed by atoms with Crippen LogP contribution in [0.25, 0.3) is 0 Å². The maximum absolute atomic E-state index is 13.1. The summed E-state index contributed by atoms with van der Waals surface area (Å²) in [6, 6.07) is 10.3. The van der Waals surface area contributed by atoms with Crippen molar-refractivity contribution in [3.8, 4) is 0 Å². The molecule has 2 aromatic rings. The molecule has 8 nitrogen and oxygen atoms in total. The molecule has 30 heavy (non-hydrogen) atoms. The standard InChI is InChI=1S/C20H24N2O6S2/c1-14-5-3-6-15(2)22(14)30(27,28)18-11-9-17(10-12-18)21-29(25,26)19-8-4-7-16(13-19)20(23)24/h4,7-15,21H,3,5-6H2,1-2H3,(H,23,24). The van der Waals surface area contributed by atoms with Gasteiger partial charge in [-0.2, -0.15) is 4.31 Å². The summed E-state index contributed by atoms with van der Waals surface area (Å²) in [6.07, 6.45) is 2.59. The second-order valence-corrected chi connectivity index (χ2v) is 11.0. The summed E-state index contributed by atoms with van der Waals surface area (Å²) in [5.74, 6) is -1.23. The van der Waals surface area contributed by atoms with E-state index < -0.39 is 26.0 Å². The van der Waals surface area contributed by atoms with Gasteiger partial charge in [-0.15, -0.1) is 0 Å². The summed E-state index contributed by atoms with van der Waals surface area (Å²) in [7, 11) is -7.73. The van der Waals surface area contributed by atoms with E-state index in [0.717, 1.165) is 25.3 Å². The minimum Gasteiger partial charge on any atom is -0.478 e. The Morgan fingerprint density at radius 3 is 2.13 bits per heavy atom. The lowest BCUT2D eigenvalue weighted by Gasteiger charge is -2.37. The fourth-order valence-corrected chi connectivity index (χ4v) is 6.68. The van der Waals surface area contributed by atoms with E-state index in [-0.39, 0.29) is 33.1 Å². The number of carbonyl (C=O) groups is 1. The quantitative estimate of drug-likeness (QED) is 0.695. The van der Waals surface area contributed by atoms with Crippen molar-refractivity contribution in [1.29, 1.82) is 0 Å². The van der Waals surface area contributed by atoms with Crippen LogP contribution in [0.5, 0.6) is 0 Å². The summed E-state index contributed by atoms with van der Waals surface area (Å²) < 4.78 is 55.1. The van der Waals surface area contributed by atoms with Crippen LogP contribution in [0.1, 0.15) is 43.5 Å². The monoisotopic (exact) mass is 452 g/mol. The average molecular weight is 453 g/mol. The summed E-state index contributed by atoms with van der Waals surface area (Å²) >= 11 is 0. The van der Waals surface area contributed by atoms with E-state index >= 15 is 0 Å². The Morgan fingerprint density at radius 2 is 1.57 bits per heavy atom. The zero-order chi connectivity index (χ0) is 22.1. The number of hydrogen-bond acceptors (Lipinski definition) is 5. The number of rotatable bonds is 6. The van der Waals surface area contributed by atoms with E-state index in [1.807, 2.05) is 13.8 Å². The van der Waals surface area contributed by atoms with Crippen molar-refractivity contribution < 1.29 is 26.7 Å². The number of sulfonamides is 2. The highest BCUT2D eigenvalue weighted by atomic mass is 32.2. The Balaban J connectivity index is 1.83. The predicted octanol–water partition coefficient (Wildman–Crippen LogP) is 3.14. The first-order valence-corrected chi connectivity index (χ1v) is 12.4. The highest BCUT2D eigenvalue weighted by Crippen LogP contribution is 2.30. The number of carboxylic acids is 1. The molecule has 1 heterocycles. The first-order valence-electron chi connectivity index (χ1n) is 9.52. The van der Waals surface area contributed by atoms with E-state index in [2.05, 4.69) is 4.72 Å². The Kier molecular flexibility index (Phi) is 6.21. The number of nitrogens with one attached hydrogen (secondary N) is 1. The molecule has 2 N–H and O–H groups in total. The van der Waals surface area contributed by atoms with Gasteiger partial charge in [0.05, 0.1) is 15.4 Å². The van der Waals surface area contributed by atoms with Crippen molar-refractivity contribution in [1.82, 2.24) is 4.31 Å². The smallest absolute Gasteiger partial charge is 0.335 e. The SMILES string of the molecule is CC1CCCC(C)N1S(=O)(=O)c1ccc(NS(=O)(=O)c2cccc(C(=O)O)c2)cc1. The van der Waals surface area contributed by atoms with E-state index in [4.69, 9.17) is 5.11 Å². The number of carboxylic acid groups (broad SMARTS) is 1. The molecule has 2 aromatic carbocycles. The lowest BCUT2D eigenvalue weighted by atomic mass is 10.0. The van der Waals surface area contributed by atoms with Gasteiger partial charge in [-0.25, -0.2) is 21.6 Å². The van der Waals surface area contributed by atoms with Crippen LogP contribution in [0.3, 0.4) is 0 Å². The molecule has 0 bridgehead atoms. The molecule has 2 unspecified atom stereocenters. The molecule has 0 aromatic heterocycles. The molecule has 1 aliphatic heterocycles. The van der Waals surface area contributed by atoms with Crippen LogP contribution in [0.4, 0.5) is 5.69 Å². The summed E-state index contributed by atoms with van der Waals surface area (Å²) in [5.41, 5.74) is 0.0264. The molecular formula is C20H24N2O6S2. The topological polar surface area (TPSA) is 121 Å². The van der Waals surface area contributed by atoms with Gasteiger partial charge >= 0.3 is 5.97 Å². The van der Waals surface area contributed by atoms with Gasteiger partial charge in [-0.1, -0.05) is 12.5 Å². The van der Waals surface area contributed by atoms with Crippen molar-refractivity contribution >= 4 is 31.7 Å². The van der Waals surface area contributed by atoms with Crippen LogP contribution in [0, 0.1) is 0 Å². The maximum Gasteiger partial charge on any atom is 0.335 e. The summed E-state index contributed by atoms with van der Waals surface area (Å²) in [5, 5.41) is 9.04. The van der Waals surface area contributed by atoms with Crippen molar-refractivity contribution in [3.63, 3.8) is 0 Å². The highest BCUT2D eigenvalue weighted by Gasteiger charge is 2.35. The third-order valence-electron chi connectivity index (χ3n) is 5.19. The maximum atomic E-state index is 13.1. The number of aromatic carboxylic acids is 1. The number of hydrogen-bond donors (Lipinski definition) is 2. The van der Waals surface area contributed by atoms with Crippen molar-refractivity contribution in [2.45, 2.75) is 55.0 Å². The van der Waals surface area contributed by atoms with Gasteiger partial charge in [0.1, 0.15) is 0 Å². The Bertz CT molecular complexity index is 1130. The first-order chi connectivity index (χ1) is 14.0.